The zero-order chi connectivity index (χ0) is 16.4. The molecule has 24 heavy (non-hydrogen) atoms. The number of para-hydroxylation sites is 2. The number of anilines is 1. The van der Waals surface area contributed by atoms with Gasteiger partial charge in [0, 0.05) is 0 Å². The molecule has 4 nitrogen and oxygen atoms in total. The summed E-state index contributed by atoms with van der Waals surface area (Å²) in [6.07, 6.45) is 1.72. The first-order chi connectivity index (χ1) is 11.8. The topological polar surface area (TPSA) is 43.0 Å². The Labute approximate surface area is 140 Å². The molecule has 0 aliphatic carbocycles. The molecule has 4 heteroatoms. The summed E-state index contributed by atoms with van der Waals surface area (Å²) in [5, 5.41) is 3.42. The first-order valence-electron chi connectivity index (χ1n) is 8.07. The number of hydrogen-bond acceptors (Lipinski definition) is 3. The third-order valence-electron chi connectivity index (χ3n) is 4.21. The average Bonchev–Trinajstić information content (AvgIpc) is 3.18. The van der Waals surface area contributed by atoms with Gasteiger partial charge in [0.1, 0.15) is 5.76 Å². The molecule has 0 aliphatic heterocycles. The summed E-state index contributed by atoms with van der Waals surface area (Å²) >= 11 is 0. The van der Waals surface area contributed by atoms with E-state index in [1.165, 1.54) is 5.56 Å². The number of rotatable bonds is 5. The van der Waals surface area contributed by atoms with E-state index in [-0.39, 0.29) is 0 Å². The van der Waals surface area contributed by atoms with Crippen molar-refractivity contribution in [2.24, 2.45) is 0 Å². The van der Waals surface area contributed by atoms with E-state index < -0.39 is 0 Å². The van der Waals surface area contributed by atoms with E-state index in [1.54, 1.807) is 6.26 Å². The minimum absolute atomic E-state index is 0.622. The normalized spacial score (nSPS) is 11.0. The lowest BCUT2D eigenvalue weighted by atomic mass is 10.2. The Kier molecular flexibility index (Phi) is 3.79. The number of nitrogens with one attached hydrogen (secondary N) is 1. The molecule has 120 valence electrons. The van der Waals surface area contributed by atoms with Crippen LogP contribution in [0.2, 0.25) is 0 Å². The van der Waals surface area contributed by atoms with Crippen molar-refractivity contribution in [3.63, 3.8) is 0 Å². The predicted molar refractivity (Wildman–Crippen MR) is 96.0 cm³/mol. The van der Waals surface area contributed by atoms with Gasteiger partial charge in [-0.05, 0) is 36.2 Å². The molecular weight excluding hydrogens is 298 g/mol. The summed E-state index contributed by atoms with van der Waals surface area (Å²) in [5.41, 5.74) is 4.51. The monoisotopic (exact) mass is 317 g/mol. The molecule has 0 bridgehead atoms. The molecule has 0 saturated carbocycles. The Balaban J connectivity index is 1.68. The second kappa shape index (κ2) is 6.24. The van der Waals surface area contributed by atoms with Gasteiger partial charge < -0.3 is 14.3 Å². The van der Waals surface area contributed by atoms with Crippen molar-refractivity contribution in [1.82, 2.24) is 9.55 Å². The third-order valence-corrected chi connectivity index (χ3v) is 4.21. The maximum atomic E-state index is 5.52. The molecule has 0 radical (unpaired) electrons. The van der Waals surface area contributed by atoms with Crippen molar-refractivity contribution in [3.8, 4) is 0 Å². The molecule has 4 aromatic rings. The van der Waals surface area contributed by atoms with Gasteiger partial charge in [0.25, 0.3) is 0 Å². The summed E-state index contributed by atoms with van der Waals surface area (Å²) in [4.78, 5) is 4.75. The number of hydrogen-bond donors (Lipinski definition) is 1. The lowest BCUT2D eigenvalue weighted by Gasteiger charge is -2.10. The third kappa shape index (κ3) is 2.78. The first-order valence-corrected chi connectivity index (χ1v) is 8.07. The van der Waals surface area contributed by atoms with Crippen molar-refractivity contribution in [1.29, 1.82) is 0 Å². The highest BCUT2D eigenvalue weighted by atomic mass is 16.3. The number of fused-ring (bicyclic) bond motifs is 1. The number of nitrogens with zero attached hydrogens (tertiary/aromatic N) is 2. The quantitative estimate of drug-likeness (QED) is 0.585. The zero-order valence-corrected chi connectivity index (χ0v) is 13.6. The van der Waals surface area contributed by atoms with E-state index in [1.807, 2.05) is 37.3 Å². The van der Waals surface area contributed by atoms with E-state index >= 15 is 0 Å². The van der Waals surface area contributed by atoms with E-state index in [9.17, 15) is 0 Å². The molecule has 0 amide bonds. The highest BCUT2D eigenvalue weighted by molar-refractivity contribution is 5.78. The Hall–Kier alpha value is -3.01. The van der Waals surface area contributed by atoms with Crippen molar-refractivity contribution < 1.29 is 4.42 Å². The van der Waals surface area contributed by atoms with Crippen LogP contribution >= 0.6 is 0 Å². The minimum atomic E-state index is 0.622. The lowest BCUT2D eigenvalue weighted by Crippen LogP contribution is -2.08. The SMILES string of the molecule is Cc1ccoc1CNc1nc2ccccc2n1Cc1ccccc1. The summed E-state index contributed by atoms with van der Waals surface area (Å²) in [6.45, 7) is 3.45. The number of aryl methyl sites for hydroxylation is 1. The minimum Gasteiger partial charge on any atom is -0.467 e. The van der Waals surface area contributed by atoms with Crippen LogP contribution in [0.5, 0.6) is 0 Å². The Bertz CT molecular complexity index is 953. The second-order valence-corrected chi connectivity index (χ2v) is 5.88. The van der Waals surface area contributed by atoms with Crippen molar-refractivity contribution >= 4 is 17.0 Å². The molecule has 0 fully saturated rings. The Morgan fingerprint density at radius 2 is 1.79 bits per heavy atom. The van der Waals surface area contributed by atoms with Crippen LogP contribution in [0.15, 0.2) is 71.3 Å². The van der Waals surface area contributed by atoms with Crippen LogP contribution in [0.25, 0.3) is 11.0 Å². The fraction of sp³-hybridized carbons (Fsp3) is 0.150. The average molecular weight is 317 g/mol. The van der Waals surface area contributed by atoms with E-state index in [0.717, 1.165) is 34.9 Å². The number of furan rings is 1. The molecule has 0 aliphatic rings. The van der Waals surface area contributed by atoms with Crippen LogP contribution < -0.4 is 5.32 Å². The molecule has 2 heterocycles. The summed E-state index contributed by atoms with van der Waals surface area (Å²) < 4.78 is 7.73. The highest BCUT2D eigenvalue weighted by Gasteiger charge is 2.11. The number of aromatic nitrogens is 2. The van der Waals surface area contributed by atoms with Gasteiger partial charge in [0.15, 0.2) is 0 Å². The molecular formula is C20H19N3O. The molecule has 1 N–H and O–H groups in total. The van der Waals surface area contributed by atoms with Gasteiger partial charge in [-0.1, -0.05) is 42.5 Å². The predicted octanol–water partition coefficient (Wildman–Crippen LogP) is 4.60. The van der Waals surface area contributed by atoms with Gasteiger partial charge in [-0.3, -0.25) is 0 Å². The van der Waals surface area contributed by atoms with Crippen LogP contribution in [-0.4, -0.2) is 9.55 Å². The van der Waals surface area contributed by atoms with Gasteiger partial charge in [0.05, 0.1) is 30.4 Å². The Morgan fingerprint density at radius 3 is 2.58 bits per heavy atom. The van der Waals surface area contributed by atoms with Gasteiger partial charge in [-0.2, -0.15) is 0 Å². The maximum absolute atomic E-state index is 5.52. The fourth-order valence-corrected chi connectivity index (χ4v) is 2.88. The number of benzene rings is 2. The molecule has 0 unspecified atom stereocenters. The van der Waals surface area contributed by atoms with Crippen LogP contribution in [0, 0.1) is 6.92 Å². The maximum Gasteiger partial charge on any atom is 0.204 e. The van der Waals surface area contributed by atoms with Crippen molar-refractivity contribution in [3.05, 3.63) is 83.8 Å². The van der Waals surface area contributed by atoms with Gasteiger partial charge in [0.2, 0.25) is 5.95 Å². The fourth-order valence-electron chi connectivity index (χ4n) is 2.88. The van der Waals surface area contributed by atoms with Crippen LogP contribution in [-0.2, 0) is 13.1 Å². The molecule has 4 rings (SSSR count). The molecule has 2 aromatic carbocycles. The van der Waals surface area contributed by atoms with Crippen LogP contribution in [0.3, 0.4) is 0 Å². The van der Waals surface area contributed by atoms with Crippen LogP contribution in [0.1, 0.15) is 16.9 Å². The van der Waals surface area contributed by atoms with Gasteiger partial charge in [-0.25, -0.2) is 4.98 Å². The first kappa shape index (κ1) is 14.6. The Morgan fingerprint density at radius 1 is 1.00 bits per heavy atom. The standard InChI is InChI=1S/C20H19N3O/c1-15-11-12-24-19(15)13-21-20-22-17-9-5-6-10-18(17)23(20)14-16-7-3-2-4-8-16/h2-12H,13-14H2,1H3,(H,21,22). The van der Waals surface area contributed by atoms with E-state index in [0.29, 0.717) is 6.54 Å². The highest BCUT2D eigenvalue weighted by Crippen LogP contribution is 2.22. The summed E-state index contributed by atoms with van der Waals surface area (Å²) in [5.74, 6) is 1.80. The van der Waals surface area contributed by atoms with Gasteiger partial charge in [-0.15, -0.1) is 0 Å². The second-order valence-electron chi connectivity index (χ2n) is 5.88. The van der Waals surface area contributed by atoms with Crippen LogP contribution in [0.4, 0.5) is 5.95 Å². The molecule has 2 aromatic heterocycles. The molecule has 0 saturated heterocycles. The lowest BCUT2D eigenvalue weighted by molar-refractivity contribution is 0.514. The number of imidazole rings is 1. The van der Waals surface area contributed by atoms with E-state index in [4.69, 9.17) is 9.40 Å². The summed E-state index contributed by atoms with van der Waals surface area (Å²) in [6, 6.07) is 20.6. The van der Waals surface area contributed by atoms with Crippen molar-refractivity contribution in [2.45, 2.75) is 20.0 Å². The summed E-state index contributed by atoms with van der Waals surface area (Å²) in [7, 11) is 0. The van der Waals surface area contributed by atoms with Gasteiger partial charge >= 0.3 is 0 Å². The smallest absolute Gasteiger partial charge is 0.204 e. The molecule has 0 atom stereocenters. The zero-order valence-electron chi connectivity index (χ0n) is 13.6. The van der Waals surface area contributed by atoms with Crippen molar-refractivity contribution in [2.75, 3.05) is 5.32 Å². The molecule has 0 spiro atoms. The van der Waals surface area contributed by atoms with E-state index in [2.05, 4.69) is 40.2 Å². The largest absolute Gasteiger partial charge is 0.467 e.